The van der Waals surface area contributed by atoms with Crippen molar-refractivity contribution in [1.29, 1.82) is 0 Å². The normalized spacial score (nSPS) is 12.1. The van der Waals surface area contributed by atoms with Crippen molar-refractivity contribution in [3.8, 4) is 5.75 Å². The number of aliphatic carboxylic acids is 1. The van der Waals surface area contributed by atoms with Gasteiger partial charge in [-0.05, 0) is 44.0 Å². The van der Waals surface area contributed by atoms with Gasteiger partial charge in [0.25, 0.3) is 0 Å². The van der Waals surface area contributed by atoms with Crippen molar-refractivity contribution in [3.05, 3.63) is 28.8 Å². The fraction of sp³-hybridized carbons (Fsp3) is 0.556. The van der Waals surface area contributed by atoms with Crippen LogP contribution in [-0.2, 0) is 9.59 Å². The van der Waals surface area contributed by atoms with E-state index >= 15 is 0 Å². The molecule has 0 saturated carbocycles. The number of carboxylic acids is 1. The average molecular weight is 336 g/mol. The fourth-order valence-electron chi connectivity index (χ4n) is 2.83. The highest BCUT2D eigenvalue weighted by atomic mass is 16.5. The first-order valence-electron chi connectivity index (χ1n) is 8.16. The average Bonchev–Trinajstić information content (AvgIpc) is 2.46. The molecule has 0 heterocycles. The summed E-state index contributed by atoms with van der Waals surface area (Å²) in [5.41, 5.74) is 2.39. The SMILES string of the molecule is CCCCNC(=O)CN(C)C(C(=O)O)c1cc(C)c(OC)c(C)c1. The molecule has 1 aromatic rings. The second kappa shape index (κ2) is 9.27. The molecule has 0 saturated heterocycles. The van der Waals surface area contributed by atoms with Gasteiger partial charge in [0.1, 0.15) is 11.8 Å². The summed E-state index contributed by atoms with van der Waals surface area (Å²) >= 11 is 0. The van der Waals surface area contributed by atoms with Gasteiger partial charge in [-0.25, -0.2) is 0 Å². The molecule has 0 aliphatic carbocycles. The number of rotatable bonds is 9. The molecule has 0 aliphatic rings. The molecule has 24 heavy (non-hydrogen) atoms. The first-order valence-corrected chi connectivity index (χ1v) is 8.16. The number of ether oxygens (including phenoxy) is 1. The predicted molar refractivity (Wildman–Crippen MR) is 93.4 cm³/mol. The third-order valence-corrected chi connectivity index (χ3v) is 3.92. The van der Waals surface area contributed by atoms with Crippen LogP contribution in [0, 0.1) is 13.8 Å². The van der Waals surface area contributed by atoms with Crippen molar-refractivity contribution < 1.29 is 19.4 Å². The summed E-state index contributed by atoms with van der Waals surface area (Å²) in [6, 6.07) is 2.72. The second-order valence-electron chi connectivity index (χ2n) is 6.05. The van der Waals surface area contributed by atoms with E-state index in [4.69, 9.17) is 4.74 Å². The van der Waals surface area contributed by atoms with Crippen molar-refractivity contribution in [2.24, 2.45) is 0 Å². The van der Waals surface area contributed by atoms with Gasteiger partial charge in [-0.3, -0.25) is 14.5 Å². The van der Waals surface area contributed by atoms with Gasteiger partial charge in [-0.2, -0.15) is 0 Å². The van der Waals surface area contributed by atoms with Crippen LogP contribution in [0.4, 0.5) is 0 Å². The lowest BCUT2D eigenvalue weighted by molar-refractivity contribution is -0.143. The van der Waals surface area contributed by atoms with Gasteiger partial charge in [0.2, 0.25) is 5.91 Å². The standard InChI is InChI=1S/C18H28N2O4/c1-6-7-8-19-15(21)11-20(4)16(18(22)23)14-9-12(2)17(24-5)13(3)10-14/h9-10,16H,6-8,11H2,1-5H3,(H,19,21)(H,22,23). The number of hydrogen-bond donors (Lipinski definition) is 2. The number of benzene rings is 1. The fourth-order valence-corrected chi connectivity index (χ4v) is 2.83. The number of aryl methyl sites for hydroxylation is 2. The lowest BCUT2D eigenvalue weighted by Crippen LogP contribution is -2.40. The van der Waals surface area contributed by atoms with E-state index in [0.717, 1.165) is 29.7 Å². The van der Waals surface area contributed by atoms with Crippen molar-refractivity contribution in [3.63, 3.8) is 0 Å². The molecule has 1 rings (SSSR count). The number of hydrogen-bond acceptors (Lipinski definition) is 4. The number of nitrogens with zero attached hydrogens (tertiary/aromatic N) is 1. The Morgan fingerprint density at radius 2 is 1.88 bits per heavy atom. The summed E-state index contributed by atoms with van der Waals surface area (Å²) in [6.45, 7) is 6.46. The van der Waals surface area contributed by atoms with Crippen LogP contribution in [0.2, 0.25) is 0 Å². The molecular formula is C18H28N2O4. The van der Waals surface area contributed by atoms with Crippen molar-refractivity contribution in [2.75, 3.05) is 27.2 Å². The Morgan fingerprint density at radius 3 is 2.33 bits per heavy atom. The van der Waals surface area contributed by atoms with E-state index < -0.39 is 12.0 Å². The third kappa shape index (κ3) is 5.23. The maximum absolute atomic E-state index is 12.0. The van der Waals surface area contributed by atoms with Gasteiger partial charge in [-0.15, -0.1) is 0 Å². The van der Waals surface area contributed by atoms with Crippen LogP contribution < -0.4 is 10.1 Å². The summed E-state index contributed by atoms with van der Waals surface area (Å²) in [4.78, 5) is 25.3. The van der Waals surface area contributed by atoms with Gasteiger partial charge in [0.05, 0.1) is 13.7 Å². The molecule has 0 spiro atoms. The van der Waals surface area contributed by atoms with E-state index in [1.807, 2.05) is 20.8 Å². The summed E-state index contributed by atoms with van der Waals surface area (Å²) in [5, 5.41) is 12.4. The minimum absolute atomic E-state index is 0.0325. The van der Waals surface area contributed by atoms with Crippen LogP contribution in [0.15, 0.2) is 12.1 Å². The number of carboxylic acid groups (broad SMARTS) is 1. The van der Waals surface area contributed by atoms with Crippen LogP contribution in [-0.4, -0.2) is 49.1 Å². The molecule has 134 valence electrons. The van der Waals surface area contributed by atoms with Gasteiger partial charge >= 0.3 is 5.97 Å². The zero-order chi connectivity index (χ0) is 18.3. The van der Waals surface area contributed by atoms with Crippen LogP contribution in [0.1, 0.15) is 42.5 Å². The number of nitrogens with one attached hydrogen (secondary N) is 1. The number of likely N-dealkylation sites (N-methyl/N-ethyl adjacent to an activating group) is 1. The summed E-state index contributed by atoms with van der Waals surface area (Å²) < 4.78 is 5.33. The molecule has 1 aromatic carbocycles. The smallest absolute Gasteiger partial charge is 0.325 e. The molecule has 0 aromatic heterocycles. The summed E-state index contributed by atoms with van der Waals surface area (Å²) in [6.07, 6.45) is 1.91. The minimum Gasteiger partial charge on any atom is -0.496 e. The van der Waals surface area contributed by atoms with E-state index in [9.17, 15) is 14.7 Å². The monoisotopic (exact) mass is 336 g/mol. The highest BCUT2D eigenvalue weighted by Gasteiger charge is 2.27. The molecule has 0 fully saturated rings. The van der Waals surface area contributed by atoms with Crippen molar-refractivity contribution >= 4 is 11.9 Å². The van der Waals surface area contributed by atoms with Gasteiger partial charge in [0.15, 0.2) is 0 Å². The molecule has 1 atom stereocenters. The zero-order valence-corrected chi connectivity index (χ0v) is 15.2. The lowest BCUT2D eigenvalue weighted by Gasteiger charge is -2.25. The Balaban J connectivity index is 2.94. The molecule has 6 nitrogen and oxygen atoms in total. The Morgan fingerprint density at radius 1 is 1.29 bits per heavy atom. The number of carbonyl (C=O) groups is 2. The first-order chi connectivity index (χ1) is 11.3. The summed E-state index contributed by atoms with van der Waals surface area (Å²) in [7, 11) is 3.24. The maximum Gasteiger partial charge on any atom is 0.325 e. The van der Waals surface area contributed by atoms with Gasteiger partial charge in [-0.1, -0.05) is 25.5 Å². The van der Waals surface area contributed by atoms with Crippen molar-refractivity contribution in [1.82, 2.24) is 10.2 Å². The Labute approximate surface area is 143 Å². The molecule has 0 bridgehead atoms. The van der Waals surface area contributed by atoms with E-state index in [0.29, 0.717) is 12.1 Å². The molecule has 6 heteroatoms. The molecule has 0 radical (unpaired) electrons. The van der Waals surface area contributed by atoms with Crippen LogP contribution in [0.3, 0.4) is 0 Å². The van der Waals surface area contributed by atoms with Crippen LogP contribution in [0.5, 0.6) is 5.75 Å². The Hall–Kier alpha value is -2.08. The molecule has 2 N–H and O–H groups in total. The maximum atomic E-state index is 12.0. The van der Waals surface area contributed by atoms with Crippen molar-refractivity contribution in [2.45, 2.75) is 39.7 Å². The zero-order valence-electron chi connectivity index (χ0n) is 15.2. The topological polar surface area (TPSA) is 78.9 Å². The Kier molecular flexibility index (Phi) is 7.71. The van der Waals surface area contributed by atoms with Gasteiger partial charge in [0, 0.05) is 6.54 Å². The lowest BCUT2D eigenvalue weighted by atomic mass is 9.99. The van der Waals surface area contributed by atoms with E-state index in [2.05, 4.69) is 5.32 Å². The highest BCUT2D eigenvalue weighted by molar-refractivity contribution is 5.80. The second-order valence-corrected chi connectivity index (χ2v) is 6.05. The predicted octanol–water partition coefficient (Wildman–Crippen LogP) is 2.29. The molecule has 1 unspecified atom stereocenters. The quantitative estimate of drug-likeness (QED) is 0.677. The van der Waals surface area contributed by atoms with Gasteiger partial charge < -0.3 is 15.2 Å². The number of carbonyl (C=O) groups excluding carboxylic acids is 1. The molecular weight excluding hydrogens is 308 g/mol. The van der Waals surface area contributed by atoms with E-state index in [-0.39, 0.29) is 12.5 Å². The van der Waals surface area contributed by atoms with E-state index in [1.54, 1.807) is 31.2 Å². The largest absolute Gasteiger partial charge is 0.496 e. The molecule has 0 aliphatic heterocycles. The number of amides is 1. The number of methoxy groups -OCH3 is 1. The molecule has 1 amide bonds. The first kappa shape index (κ1) is 20.0. The summed E-state index contributed by atoms with van der Waals surface area (Å²) in [5.74, 6) is -0.398. The minimum atomic E-state index is -0.983. The van der Waals surface area contributed by atoms with Crippen LogP contribution >= 0.6 is 0 Å². The number of unbranched alkanes of at least 4 members (excludes halogenated alkanes) is 1. The van der Waals surface area contributed by atoms with E-state index in [1.165, 1.54) is 0 Å². The third-order valence-electron chi connectivity index (χ3n) is 3.92. The van der Waals surface area contributed by atoms with Crippen LogP contribution in [0.25, 0.3) is 0 Å². The highest BCUT2D eigenvalue weighted by Crippen LogP contribution is 2.29. The Bertz CT molecular complexity index is 563.